The van der Waals surface area contributed by atoms with Crippen molar-refractivity contribution in [1.29, 1.82) is 0 Å². The highest BCUT2D eigenvalue weighted by molar-refractivity contribution is 5.97. The van der Waals surface area contributed by atoms with Crippen LogP contribution in [0.1, 0.15) is 30.3 Å². The van der Waals surface area contributed by atoms with Gasteiger partial charge in [0, 0.05) is 37.8 Å². The number of rotatable bonds is 4. The van der Waals surface area contributed by atoms with Crippen LogP contribution < -0.4 is 0 Å². The zero-order chi connectivity index (χ0) is 18.6. The van der Waals surface area contributed by atoms with Crippen molar-refractivity contribution in [3.63, 3.8) is 0 Å². The SMILES string of the molecule is CC(C1CCN(C(=O)c2ncoc2-c2ccccc2)CC1)N1CCOCC1. The van der Waals surface area contributed by atoms with Crippen LogP contribution in [0.3, 0.4) is 0 Å². The number of carbonyl (C=O) groups is 1. The van der Waals surface area contributed by atoms with Gasteiger partial charge in [-0.25, -0.2) is 4.98 Å². The van der Waals surface area contributed by atoms with Crippen LogP contribution in [0.25, 0.3) is 11.3 Å². The molecule has 6 heteroatoms. The lowest BCUT2D eigenvalue weighted by atomic mass is 9.89. The third-order valence-electron chi connectivity index (χ3n) is 5.94. The first-order valence-corrected chi connectivity index (χ1v) is 9.84. The second-order valence-corrected chi connectivity index (χ2v) is 7.41. The van der Waals surface area contributed by atoms with E-state index in [0.717, 1.165) is 57.8 Å². The fourth-order valence-corrected chi connectivity index (χ4v) is 4.21. The van der Waals surface area contributed by atoms with Crippen molar-refractivity contribution in [2.75, 3.05) is 39.4 Å². The number of amides is 1. The zero-order valence-electron chi connectivity index (χ0n) is 15.8. The molecule has 1 aromatic carbocycles. The molecule has 0 saturated carbocycles. The zero-order valence-corrected chi connectivity index (χ0v) is 15.8. The van der Waals surface area contributed by atoms with Gasteiger partial charge in [0.05, 0.1) is 13.2 Å². The summed E-state index contributed by atoms with van der Waals surface area (Å²) in [7, 11) is 0. The largest absolute Gasteiger partial charge is 0.443 e. The summed E-state index contributed by atoms with van der Waals surface area (Å²) in [4.78, 5) is 21.7. The van der Waals surface area contributed by atoms with Crippen molar-refractivity contribution in [2.45, 2.75) is 25.8 Å². The van der Waals surface area contributed by atoms with Gasteiger partial charge in [0.25, 0.3) is 5.91 Å². The van der Waals surface area contributed by atoms with E-state index >= 15 is 0 Å². The lowest BCUT2D eigenvalue weighted by Crippen LogP contribution is -2.49. The van der Waals surface area contributed by atoms with Gasteiger partial charge in [-0.05, 0) is 25.7 Å². The molecule has 4 rings (SSSR count). The minimum atomic E-state index is -0.0277. The Balaban J connectivity index is 1.39. The standard InChI is InChI=1S/C21H27N3O3/c1-16(23-11-13-26-14-12-23)17-7-9-24(10-8-17)21(25)19-20(27-15-22-19)18-5-3-2-4-6-18/h2-6,15-17H,7-14H2,1H3. The second-order valence-electron chi connectivity index (χ2n) is 7.41. The topological polar surface area (TPSA) is 58.8 Å². The quantitative estimate of drug-likeness (QED) is 0.829. The highest BCUT2D eigenvalue weighted by Crippen LogP contribution is 2.28. The Hall–Kier alpha value is -2.18. The summed E-state index contributed by atoms with van der Waals surface area (Å²) in [5.74, 6) is 1.16. The highest BCUT2D eigenvalue weighted by atomic mass is 16.5. The molecule has 2 saturated heterocycles. The minimum absolute atomic E-state index is 0.0277. The van der Waals surface area contributed by atoms with Crippen LogP contribution >= 0.6 is 0 Å². The molecule has 1 amide bonds. The van der Waals surface area contributed by atoms with E-state index < -0.39 is 0 Å². The summed E-state index contributed by atoms with van der Waals surface area (Å²) in [5.41, 5.74) is 1.30. The maximum atomic E-state index is 13.0. The average Bonchev–Trinajstić information content (AvgIpc) is 3.24. The summed E-state index contributed by atoms with van der Waals surface area (Å²) in [6, 6.07) is 10.2. The van der Waals surface area contributed by atoms with E-state index in [2.05, 4.69) is 16.8 Å². The number of benzene rings is 1. The lowest BCUT2D eigenvalue weighted by molar-refractivity contribution is -0.000980. The highest BCUT2D eigenvalue weighted by Gasteiger charge is 2.32. The number of ether oxygens (including phenoxy) is 1. The van der Waals surface area contributed by atoms with Crippen LogP contribution in [0.2, 0.25) is 0 Å². The van der Waals surface area contributed by atoms with Gasteiger partial charge in [-0.2, -0.15) is 0 Å². The molecule has 2 aliphatic rings. The molecule has 1 unspecified atom stereocenters. The molecule has 2 aromatic rings. The van der Waals surface area contributed by atoms with Crippen molar-refractivity contribution < 1.29 is 13.9 Å². The first-order valence-electron chi connectivity index (χ1n) is 9.84. The molecule has 6 nitrogen and oxygen atoms in total. The molecule has 27 heavy (non-hydrogen) atoms. The molecule has 0 radical (unpaired) electrons. The molecule has 3 heterocycles. The predicted molar refractivity (Wildman–Crippen MR) is 102 cm³/mol. The van der Waals surface area contributed by atoms with Gasteiger partial charge < -0.3 is 14.1 Å². The van der Waals surface area contributed by atoms with E-state index in [1.807, 2.05) is 35.2 Å². The van der Waals surface area contributed by atoms with E-state index in [1.54, 1.807) is 0 Å². The molecule has 2 fully saturated rings. The molecule has 1 aromatic heterocycles. The molecular formula is C21H27N3O3. The van der Waals surface area contributed by atoms with Gasteiger partial charge in [-0.15, -0.1) is 0 Å². The van der Waals surface area contributed by atoms with Crippen LogP contribution in [-0.4, -0.2) is 66.1 Å². The Morgan fingerprint density at radius 3 is 2.52 bits per heavy atom. The first kappa shape index (κ1) is 18.2. The molecule has 1 atom stereocenters. The fourth-order valence-electron chi connectivity index (χ4n) is 4.21. The number of nitrogens with zero attached hydrogens (tertiary/aromatic N) is 3. The molecule has 2 aliphatic heterocycles. The maximum absolute atomic E-state index is 13.0. The van der Waals surface area contributed by atoms with Crippen molar-refractivity contribution in [2.24, 2.45) is 5.92 Å². The van der Waals surface area contributed by atoms with Crippen molar-refractivity contribution in [3.8, 4) is 11.3 Å². The molecule has 0 spiro atoms. The van der Waals surface area contributed by atoms with Crippen molar-refractivity contribution in [1.82, 2.24) is 14.8 Å². The van der Waals surface area contributed by atoms with E-state index in [-0.39, 0.29) is 5.91 Å². The molecular weight excluding hydrogens is 342 g/mol. The van der Waals surface area contributed by atoms with E-state index in [1.165, 1.54) is 6.39 Å². The van der Waals surface area contributed by atoms with Gasteiger partial charge in [0.2, 0.25) is 0 Å². The number of hydrogen-bond donors (Lipinski definition) is 0. The molecule has 0 aliphatic carbocycles. The number of aromatic nitrogens is 1. The van der Waals surface area contributed by atoms with E-state index in [4.69, 9.17) is 9.15 Å². The number of morpholine rings is 1. The van der Waals surface area contributed by atoms with Gasteiger partial charge in [-0.3, -0.25) is 9.69 Å². The Bertz CT molecular complexity index is 747. The number of piperidine rings is 1. The fraction of sp³-hybridized carbons (Fsp3) is 0.524. The van der Waals surface area contributed by atoms with E-state index in [9.17, 15) is 4.79 Å². The van der Waals surface area contributed by atoms with Crippen molar-refractivity contribution in [3.05, 3.63) is 42.4 Å². The first-order chi connectivity index (χ1) is 13.2. The maximum Gasteiger partial charge on any atom is 0.276 e. The minimum Gasteiger partial charge on any atom is -0.443 e. The van der Waals surface area contributed by atoms with Crippen LogP contribution in [0, 0.1) is 5.92 Å². The van der Waals surface area contributed by atoms with Crippen LogP contribution in [-0.2, 0) is 4.74 Å². The Labute approximate surface area is 160 Å². The molecule has 0 bridgehead atoms. The second kappa shape index (κ2) is 8.23. The summed E-state index contributed by atoms with van der Waals surface area (Å²) >= 11 is 0. The summed E-state index contributed by atoms with van der Waals surface area (Å²) < 4.78 is 11.0. The summed E-state index contributed by atoms with van der Waals surface area (Å²) in [5, 5.41) is 0. The van der Waals surface area contributed by atoms with Crippen LogP contribution in [0.5, 0.6) is 0 Å². The monoisotopic (exact) mass is 369 g/mol. The smallest absolute Gasteiger partial charge is 0.276 e. The summed E-state index contributed by atoms with van der Waals surface area (Å²) in [6.07, 6.45) is 3.42. The number of likely N-dealkylation sites (tertiary alicyclic amines) is 1. The average molecular weight is 369 g/mol. The van der Waals surface area contributed by atoms with Gasteiger partial charge in [-0.1, -0.05) is 30.3 Å². The third-order valence-corrected chi connectivity index (χ3v) is 5.94. The van der Waals surface area contributed by atoms with Gasteiger partial charge in [0.15, 0.2) is 17.8 Å². The van der Waals surface area contributed by atoms with Crippen LogP contribution in [0.4, 0.5) is 0 Å². The lowest BCUT2D eigenvalue weighted by Gasteiger charge is -2.40. The predicted octanol–water partition coefficient (Wildman–Crippen LogP) is 2.91. The normalized spacial score (nSPS) is 20.6. The third kappa shape index (κ3) is 3.92. The number of hydrogen-bond acceptors (Lipinski definition) is 5. The van der Waals surface area contributed by atoms with Gasteiger partial charge >= 0.3 is 0 Å². The Morgan fingerprint density at radius 2 is 1.81 bits per heavy atom. The number of carbonyl (C=O) groups excluding carboxylic acids is 1. The van der Waals surface area contributed by atoms with Crippen LogP contribution in [0.15, 0.2) is 41.1 Å². The number of oxazole rings is 1. The Morgan fingerprint density at radius 1 is 1.11 bits per heavy atom. The Kier molecular flexibility index (Phi) is 5.55. The molecule has 0 N–H and O–H groups in total. The van der Waals surface area contributed by atoms with E-state index in [0.29, 0.717) is 23.4 Å². The molecule has 144 valence electrons. The van der Waals surface area contributed by atoms with Crippen molar-refractivity contribution >= 4 is 5.91 Å². The summed E-state index contributed by atoms with van der Waals surface area (Å²) in [6.45, 7) is 7.56. The van der Waals surface area contributed by atoms with Gasteiger partial charge in [0.1, 0.15) is 0 Å².